The third-order valence-electron chi connectivity index (χ3n) is 2.14. The molecular formula is C13H15BNO3. The van der Waals surface area contributed by atoms with Crippen LogP contribution in [-0.4, -0.2) is 24.0 Å². The SMILES string of the molecule is O.O.O=C([B]c1ccccc1)Nc1ccccc1. The van der Waals surface area contributed by atoms with Crippen LogP contribution < -0.4 is 10.8 Å². The quantitative estimate of drug-likeness (QED) is 0.786. The fourth-order valence-corrected chi connectivity index (χ4v) is 1.40. The van der Waals surface area contributed by atoms with Gasteiger partial charge in [-0.1, -0.05) is 54.0 Å². The molecule has 0 aromatic heterocycles. The van der Waals surface area contributed by atoms with E-state index in [0.29, 0.717) is 0 Å². The maximum Gasteiger partial charge on any atom is 0.271 e. The highest BCUT2D eigenvalue weighted by molar-refractivity contribution is 6.85. The Balaban J connectivity index is 0.00000144. The molecular weight excluding hydrogens is 229 g/mol. The Hall–Kier alpha value is -2.11. The molecule has 5 N–H and O–H groups in total. The van der Waals surface area contributed by atoms with Crippen molar-refractivity contribution in [2.75, 3.05) is 5.32 Å². The van der Waals surface area contributed by atoms with Crippen molar-refractivity contribution in [3.8, 4) is 0 Å². The topological polar surface area (TPSA) is 92.1 Å². The first-order valence-electron chi connectivity index (χ1n) is 5.10. The summed E-state index contributed by atoms with van der Waals surface area (Å²) >= 11 is 0. The summed E-state index contributed by atoms with van der Waals surface area (Å²) in [5.41, 5.74) is 1.70. The van der Waals surface area contributed by atoms with Gasteiger partial charge < -0.3 is 16.3 Å². The number of rotatable bonds is 3. The average Bonchev–Trinajstić information content (AvgIpc) is 2.31. The number of para-hydroxylation sites is 1. The van der Waals surface area contributed by atoms with E-state index in [9.17, 15) is 4.79 Å². The Morgan fingerprint density at radius 2 is 1.33 bits per heavy atom. The molecule has 2 aromatic rings. The molecule has 0 saturated heterocycles. The van der Waals surface area contributed by atoms with Gasteiger partial charge >= 0.3 is 0 Å². The molecule has 0 atom stereocenters. The van der Waals surface area contributed by atoms with Gasteiger partial charge in [0.2, 0.25) is 0 Å². The van der Waals surface area contributed by atoms with Crippen LogP contribution in [0.5, 0.6) is 0 Å². The molecule has 1 amide bonds. The van der Waals surface area contributed by atoms with Gasteiger partial charge in [-0.2, -0.15) is 0 Å². The largest absolute Gasteiger partial charge is 0.412 e. The number of carbonyl (C=O) groups excluding carboxylic acids is 1. The van der Waals surface area contributed by atoms with Crippen molar-refractivity contribution in [3.05, 3.63) is 60.7 Å². The third-order valence-corrected chi connectivity index (χ3v) is 2.14. The predicted molar refractivity (Wildman–Crippen MR) is 74.5 cm³/mol. The van der Waals surface area contributed by atoms with Crippen molar-refractivity contribution in [2.24, 2.45) is 0 Å². The standard InChI is InChI=1S/C13H11BNO.2H2O/c16-13(14-11-7-3-1-4-8-11)15-12-9-5-2-6-10-12;;/h1-10H,(H,15,16);2*1H2. The minimum atomic E-state index is -0.114. The Kier molecular flexibility index (Phi) is 7.11. The van der Waals surface area contributed by atoms with Crippen molar-refractivity contribution in [3.63, 3.8) is 0 Å². The Bertz CT molecular complexity index is 419. The van der Waals surface area contributed by atoms with Crippen LogP contribution in [0.1, 0.15) is 0 Å². The summed E-state index contributed by atoms with van der Waals surface area (Å²) in [6.45, 7) is 0. The Labute approximate surface area is 107 Å². The first kappa shape index (κ1) is 15.9. The van der Waals surface area contributed by atoms with Gasteiger partial charge in [-0.3, -0.25) is 4.79 Å². The lowest BCUT2D eigenvalue weighted by Gasteiger charge is -2.03. The molecule has 4 nitrogen and oxygen atoms in total. The molecule has 0 saturated carbocycles. The van der Waals surface area contributed by atoms with E-state index in [-0.39, 0.29) is 16.8 Å². The lowest BCUT2D eigenvalue weighted by molar-refractivity contribution is 0.268. The number of amides is 1. The van der Waals surface area contributed by atoms with Crippen molar-refractivity contribution < 1.29 is 15.7 Å². The molecule has 93 valence electrons. The number of carbonyl (C=O) groups is 1. The van der Waals surface area contributed by atoms with E-state index in [2.05, 4.69) is 5.32 Å². The summed E-state index contributed by atoms with van der Waals surface area (Å²) in [4.78, 5) is 11.6. The maximum absolute atomic E-state index is 11.6. The van der Waals surface area contributed by atoms with Gasteiger partial charge in [-0.15, -0.1) is 0 Å². The molecule has 2 aromatic carbocycles. The van der Waals surface area contributed by atoms with Crippen LogP contribution >= 0.6 is 0 Å². The summed E-state index contributed by atoms with van der Waals surface area (Å²) in [5.74, 6) is -0.114. The summed E-state index contributed by atoms with van der Waals surface area (Å²) in [5, 5.41) is 2.80. The molecule has 0 aliphatic rings. The minimum absolute atomic E-state index is 0. The zero-order valence-electron chi connectivity index (χ0n) is 9.76. The maximum atomic E-state index is 11.6. The van der Waals surface area contributed by atoms with Crippen LogP contribution in [0.4, 0.5) is 10.5 Å². The average molecular weight is 244 g/mol. The first-order chi connectivity index (χ1) is 7.84. The van der Waals surface area contributed by atoms with Crippen molar-refractivity contribution in [1.82, 2.24) is 0 Å². The molecule has 0 bridgehead atoms. The molecule has 0 aliphatic carbocycles. The van der Waals surface area contributed by atoms with Crippen LogP contribution in [0.15, 0.2) is 60.7 Å². The van der Waals surface area contributed by atoms with E-state index in [4.69, 9.17) is 0 Å². The third kappa shape index (κ3) is 4.82. The van der Waals surface area contributed by atoms with Gasteiger partial charge in [0.25, 0.3) is 7.28 Å². The predicted octanol–water partition coefficient (Wildman–Crippen LogP) is 0.599. The van der Waals surface area contributed by atoms with Crippen LogP contribution in [-0.2, 0) is 0 Å². The number of anilines is 1. The number of hydrogen-bond donors (Lipinski definition) is 1. The van der Waals surface area contributed by atoms with Gasteiger partial charge in [0.15, 0.2) is 5.81 Å². The van der Waals surface area contributed by atoms with Gasteiger partial charge in [-0.25, -0.2) is 0 Å². The zero-order valence-corrected chi connectivity index (χ0v) is 9.76. The molecule has 18 heavy (non-hydrogen) atoms. The summed E-state index contributed by atoms with van der Waals surface area (Å²) < 4.78 is 0. The van der Waals surface area contributed by atoms with Crippen molar-refractivity contribution in [2.45, 2.75) is 0 Å². The number of nitrogens with one attached hydrogen (secondary N) is 1. The van der Waals surface area contributed by atoms with Crippen LogP contribution in [0.2, 0.25) is 0 Å². The monoisotopic (exact) mass is 244 g/mol. The van der Waals surface area contributed by atoms with Crippen LogP contribution in [0.25, 0.3) is 0 Å². The number of benzene rings is 2. The minimum Gasteiger partial charge on any atom is -0.412 e. The van der Waals surface area contributed by atoms with Crippen molar-refractivity contribution >= 4 is 24.2 Å². The first-order valence-corrected chi connectivity index (χ1v) is 5.10. The fourth-order valence-electron chi connectivity index (χ4n) is 1.40. The fraction of sp³-hybridized carbons (Fsp3) is 0. The van der Waals surface area contributed by atoms with E-state index < -0.39 is 0 Å². The molecule has 0 unspecified atom stereocenters. The zero-order chi connectivity index (χ0) is 11.2. The van der Waals surface area contributed by atoms with Crippen LogP contribution in [0, 0.1) is 0 Å². The van der Waals surface area contributed by atoms with E-state index in [1.807, 2.05) is 60.7 Å². The van der Waals surface area contributed by atoms with Crippen molar-refractivity contribution in [1.29, 1.82) is 0 Å². The van der Waals surface area contributed by atoms with E-state index in [1.165, 1.54) is 0 Å². The Morgan fingerprint density at radius 3 is 1.89 bits per heavy atom. The van der Waals surface area contributed by atoms with Gasteiger partial charge in [0.05, 0.1) is 0 Å². The van der Waals surface area contributed by atoms with E-state index >= 15 is 0 Å². The molecule has 0 aliphatic heterocycles. The van der Waals surface area contributed by atoms with E-state index in [1.54, 1.807) is 7.28 Å². The molecule has 0 spiro atoms. The second-order valence-electron chi connectivity index (χ2n) is 3.41. The molecule has 1 radical (unpaired) electrons. The smallest absolute Gasteiger partial charge is 0.271 e. The highest BCUT2D eigenvalue weighted by Gasteiger charge is 2.05. The Morgan fingerprint density at radius 1 is 0.833 bits per heavy atom. The molecule has 5 heteroatoms. The molecule has 2 rings (SSSR count). The van der Waals surface area contributed by atoms with Gasteiger partial charge in [0, 0.05) is 5.69 Å². The normalized spacial score (nSPS) is 8.44. The second kappa shape index (κ2) is 8.05. The highest BCUT2D eigenvalue weighted by atomic mass is 16.1. The van der Waals surface area contributed by atoms with Gasteiger partial charge in [0.1, 0.15) is 0 Å². The van der Waals surface area contributed by atoms with Gasteiger partial charge in [-0.05, 0) is 12.1 Å². The molecule has 0 fully saturated rings. The van der Waals surface area contributed by atoms with E-state index in [0.717, 1.165) is 11.2 Å². The second-order valence-corrected chi connectivity index (χ2v) is 3.41. The van der Waals surface area contributed by atoms with Crippen LogP contribution in [0.3, 0.4) is 0 Å². The summed E-state index contributed by atoms with van der Waals surface area (Å²) in [6.07, 6.45) is 0. The lowest BCUT2D eigenvalue weighted by atomic mass is 9.69. The lowest BCUT2D eigenvalue weighted by Crippen LogP contribution is -2.27. The summed E-state index contributed by atoms with van der Waals surface area (Å²) in [7, 11) is 1.58. The summed E-state index contributed by atoms with van der Waals surface area (Å²) in [6, 6.07) is 18.9. The molecule has 0 heterocycles. The highest BCUT2D eigenvalue weighted by Crippen LogP contribution is 2.04. The number of hydrogen-bond acceptors (Lipinski definition) is 1.